The zero-order valence-corrected chi connectivity index (χ0v) is 9.98. The number of nitro groups is 1. The van der Waals surface area contributed by atoms with Gasteiger partial charge in [0.05, 0.1) is 15.7 Å². The summed E-state index contributed by atoms with van der Waals surface area (Å²) >= 11 is 0. The maximum atomic E-state index is 11.9. The molecule has 1 aromatic rings. The molecule has 2 heterocycles. The van der Waals surface area contributed by atoms with E-state index in [2.05, 4.69) is 10.3 Å². The van der Waals surface area contributed by atoms with E-state index in [1.807, 2.05) is 0 Å². The van der Waals surface area contributed by atoms with Gasteiger partial charge in [0, 0.05) is 17.9 Å². The fourth-order valence-corrected chi connectivity index (χ4v) is 2.99. The lowest BCUT2D eigenvalue weighted by molar-refractivity contribution is -0.385. The van der Waals surface area contributed by atoms with Crippen molar-refractivity contribution < 1.29 is 9.13 Å². The second kappa shape index (κ2) is 5.33. The number of aromatic nitrogens is 1. The average Bonchev–Trinajstić information content (AvgIpc) is 2.82. The van der Waals surface area contributed by atoms with Crippen molar-refractivity contribution in [3.63, 3.8) is 0 Å². The van der Waals surface area contributed by atoms with Gasteiger partial charge in [-0.3, -0.25) is 14.3 Å². The minimum atomic E-state index is -1.19. The van der Waals surface area contributed by atoms with E-state index < -0.39 is 15.7 Å². The molecule has 1 saturated heterocycles. The Morgan fingerprint density at radius 2 is 2.41 bits per heavy atom. The first-order valence-corrected chi connectivity index (χ1v) is 6.71. The van der Waals surface area contributed by atoms with Crippen molar-refractivity contribution in [2.75, 3.05) is 12.3 Å². The Hall–Kier alpha value is -1.34. The van der Waals surface area contributed by atoms with Crippen LogP contribution in [-0.2, 0) is 10.8 Å². The summed E-state index contributed by atoms with van der Waals surface area (Å²) in [6.07, 6.45) is 3.28. The van der Waals surface area contributed by atoms with Crippen LogP contribution in [0.25, 0.3) is 0 Å². The molecule has 7 heteroatoms. The Bertz CT molecular complexity index is 429. The van der Waals surface area contributed by atoms with Crippen LogP contribution in [-0.4, -0.2) is 32.5 Å². The van der Waals surface area contributed by atoms with Crippen molar-refractivity contribution in [3.05, 3.63) is 28.4 Å². The predicted octanol–water partition coefficient (Wildman–Crippen LogP) is 0.849. The minimum Gasteiger partial charge on any atom is -0.313 e. The summed E-state index contributed by atoms with van der Waals surface area (Å²) in [5.41, 5.74) is -0.0789. The Morgan fingerprint density at radius 1 is 1.59 bits per heavy atom. The van der Waals surface area contributed by atoms with Gasteiger partial charge < -0.3 is 5.32 Å². The largest absolute Gasteiger partial charge is 0.313 e. The molecule has 1 aliphatic heterocycles. The highest BCUT2D eigenvalue weighted by Crippen LogP contribution is 2.14. The molecule has 92 valence electrons. The number of nitrogens with one attached hydrogen (secondary N) is 1. The van der Waals surface area contributed by atoms with Gasteiger partial charge in [-0.2, -0.15) is 0 Å². The molecule has 0 amide bonds. The van der Waals surface area contributed by atoms with Gasteiger partial charge in [0.15, 0.2) is 0 Å². The molecule has 0 spiro atoms. The molecule has 17 heavy (non-hydrogen) atoms. The fraction of sp³-hybridized carbons (Fsp3) is 0.500. The summed E-state index contributed by atoms with van der Waals surface area (Å²) in [5, 5.41) is 14.1. The summed E-state index contributed by atoms with van der Waals surface area (Å²) in [6.45, 7) is 0.968. The van der Waals surface area contributed by atoms with Crippen LogP contribution < -0.4 is 5.32 Å². The number of rotatable bonds is 4. The van der Waals surface area contributed by atoms with Crippen LogP contribution in [0.15, 0.2) is 23.4 Å². The van der Waals surface area contributed by atoms with Gasteiger partial charge in [-0.15, -0.1) is 0 Å². The summed E-state index contributed by atoms with van der Waals surface area (Å²) in [7, 11) is -1.19. The second-order valence-corrected chi connectivity index (χ2v) is 5.36. The molecule has 0 saturated carbocycles. The highest BCUT2D eigenvalue weighted by atomic mass is 32.2. The Balaban J connectivity index is 2.01. The molecule has 0 radical (unpaired) electrons. The zero-order valence-electron chi connectivity index (χ0n) is 9.17. The molecule has 1 aliphatic rings. The van der Waals surface area contributed by atoms with Crippen LogP contribution in [0.4, 0.5) is 5.69 Å². The first-order chi connectivity index (χ1) is 8.16. The van der Waals surface area contributed by atoms with E-state index >= 15 is 0 Å². The van der Waals surface area contributed by atoms with Crippen molar-refractivity contribution in [3.8, 4) is 0 Å². The zero-order chi connectivity index (χ0) is 12.3. The maximum absolute atomic E-state index is 11.9. The van der Waals surface area contributed by atoms with Crippen LogP contribution in [0.2, 0.25) is 0 Å². The van der Waals surface area contributed by atoms with Crippen LogP contribution in [0, 0.1) is 10.1 Å². The van der Waals surface area contributed by atoms with E-state index in [1.165, 1.54) is 12.1 Å². The van der Waals surface area contributed by atoms with Gasteiger partial charge >= 0.3 is 0 Å². The monoisotopic (exact) mass is 255 g/mol. The minimum absolute atomic E-state index is 0.0789. The Morgan fingerprint density at radius 3 is 2.94 bits per heavy atom. The quantitative estimate of drug-likeness (QED) is 0.636. The number of hydrogen-bond donors (Lipinski definition) is 1. The average molecular weight is 255 g/mol. The lowest BCUT2D eigenvalue weighted by Crippen LogP contribution is -2.27. The van der Waals surface area contributed by atoms with Crippen LogP contribution in [0.5, 0.6) is 0 Å². The SMILES string of the molecule is O=[N+]([O-])c1ccc([S@](=O)C[C@H]2CCCN2)nc1. The van der Waals surface area contributed by atoms with Gasteiger partial charge in [0.2, 0.25) is 0 Å². The van der Waals surface area contributed by atoms with E-state index in [0.717, 1.165) is 25.6 Å². The molecule has 6 nitrogen and oxygen atoms in total. The molecule has 1 fully saturated rings. The maximum Gasteiger partial charge on any atom is 0.287 e. The number of nitrogens with zero attached hydrogens (tertiary/aromatic N) is 2. The molecule has 2 rings (SSSR count). The molecule has 1 aromatic heterocycles. The van der Waals surface area contributed by atoms with E-state index in [1.54, 1.807) is 0 Å². The first-order valence-electron chi connectivity index (χ1n) is 5.39. The summed E-state index contributed by atoms with van der Waals surface area (Å²) in [6, 6.07) is 3.07. The van der Waals surface area contributed by atoms with Crippen molar-refractivity contribution in [2.24, 2.45) is 0 Å². The lowest BCUT2D eigenvalue weighted by Gasteiger charge is -2.08. The molecule has 0 aliphatic carbocycles. The van der Waals surface area contributed by atoms with E-state index in [-0.39, 0.29) is 11.7 Å². The third-order valence-corrected chi connectivity index (χ3v) is 4.09. The predicted molar refractivity (Wildman–Crippen MR) is 63.2 cm³/mol. The Labute approximate surface area is 101 Å². The highest BCUT2D eigenvalue weighted by Gasteiger charge is 2.18. The van der Waals surface area contributed by atoms with Gasteiger partial charge in [-0.1, -0.05) is 0 Å². The number of pyridine rings is 1. The molecule has 0 unspecified atom stereocenters. The normalized spacial score (nSPS) is 21.3. The van der Waals surface area contributed by atoms with Crippen LogP contribution >= 0.6 is 0 Å². The second-order valence-electron chi connectivity index (χ2n) is 3.92. The third kappa shape index (κ3) is 3.07. The van der Waals surface area contributed by atoms with Gasteiger partial charge in [-0.05, 0) is 25.5 Å². The van der Waals surface area contributed by atoms with E-state index in [0.29, 0.717) is 10.8 Å². The summed E-state index contributed by atoms with van der Waals surface area (Å²) in [4.78, 5) is 13.8. The highest BCUT2D eigenvalue weighted by molar-refractivity contribution is 7.85. The third-order valence-electron chi connectivity index (χ3n) is 2.68. The molecular weight excluding hydrogens is 242 g/mol. The standard InChI is InChI=1S/C10H13N3O3S/c14-13(15)9-3-4-10(12-6-9)17(16)7-8-2-1-5-11-8/h3-4,6,8,11H,1-2,5,7H2/t8-,17-/m1/s1. The van der Waals surface area contributed by atoms with Gasteiger partial charge in [0.25, 0.3) is 5.69 Å². The van der Waals surface area contributed by atoms with Gasteiger partial charge in [-0.25, -0.2) is 4.98 Å². The molecular formula is C10H13N3O3S. The van der Waals surface area contributed by atoms with E-state index in [4.69, 9.17) is 0 Å². The van der Waals surface area contributed by atoms with Crippen LogP contribution in [0.3, 0.4) is 0 Å². The van der Waals surface area contributed by atoms with Crippen LogP contribution in [0.1, 0.15) is 12.8 Å². The lowest BCUT2D eigenvalue weighted by atomic mass is 10.3. The molecule has 1 N–H and O–H groups in total. The van der Waals surface area contributed by atoms with Crippen molar-refractivity contribution >= 4 is 16.5 Å². The number of hydrogen-bond acceptors (Lipinski definition) is 5. The molecule has 2 atom stereocenters. The van der Waals surface area contributed by atoms with Crippen molar-refractivity contribution in [1.82, 2.24) is 10.3 Å². The van der Waals surface area contributed by atoms with Gasteiger partial charge in [0.1, 0.15) is 11.2 Å². The topological polar surface area (TPSA) is 85.1 Å². The smallest absolute Gasteiger partial charge is 0.287 e. The molecule has 0 bridgehead atoms. The summed E-state index contributed by atoms with van der Waals surface area (Å²) < 4.78 is 11.9. The van der Waals surface area contributed by atoms with E-state index in [9.17, 15) is 14.3 Å². The first kappa shape index (κ1) is 12.1. The summed E-state index contributed by atoms with van der Waals surface area (Å²) in [5.74, 6) is 0.519. The Kier molecular flexibility index (Phi) is 3.80. The van der Waals surface area contributed by atoms with Crippen molar-refractivity contribution in [2.45, 2.75) is 23.9 Å². The molecule has 0 aromatic carbocycles. The fourth-order valence-electron chi connectivity index (χ4n) is 1.78. The van der Waals surface area contributed by atoms with Crippen molar-refractivity contribution in [1.29, 1.82) is 0 Å².